The highest BCUT2D eigenvalue weighted by molar-refractivity contribution is 4.91. The van der Waals surface area contributed by atoms with Crippen molar-refractivity contribution in [2.75, 3.05) is 6.54 Å². The first-order valence-corrected chi connectivity index (χ1v) is 5.95. The Bertz CT molecular complexity index is 187. The highest BCUT2D eigenvalue weighted by Crippen LogP contribution is 2.23. The number of nitriles is 1. The molecule has 80 valence electrons. The first-order valence-electron chi connectivity index (χ1n) is 5.95. The van der Waals surface area contributed by atoms with Crippen molar-refractivity contribution in [3.05, 3.63) is 0 Å². The maximum absolute atomic E-state index is 8.95. The minimum Gasteiger partial charge on any atom is -0.286 e. The van der Waals surface area contributed by atoms with Crippen LogP contribution in [-0.4, -0.2) is 23.5 Å². The largest absolute Gasteiger partial charge is 0.286 e. The van der Waals surface area contributed by atoms with Crippen molar-refractivity contribution in [2.45, 2.75) is 64.5 Å². The van der Waals surface area contributed by atoms with Crippen molar-refractivity contribution in [2.24, 2.45) is 0 Å². The van der Waals surface area contributed by atoms with Crippen LogP contribution in [0.3, 0.4) is 0 Å². The fraction of sp³-hybridized carbons (Fsp3) is 0.917. The minimum atomic E-state index is 0.0862. The van der Waals surface area contributed by atoms with E-state index in [0.29, 0.717) is 6.04 Å². The van der Waals surface area contributed by atoms with Crippen LogP contribution in [0.15, 0.2) is 0 Å². The van der Waals surface area contributed by atoms with Gasteiger partial charge >= 0.3 is 0 Å². The van der Waals surface area contributed by atoms with Crippen LogP contribution in [0.2, 0.25) is 0 Å². The third kappa shape index (κ3) is 2.99. The van der Waals surface area contributed by atoms with Crippen LogP contribution in [0, 0.1) is 11.3 Å². The summed E-state index contributed by atoms with van der Waals surface area (Å²) < 4.78 is 0. The van der Waals surface area contributed by atoms with Crippen molar-refractivity contribution >= 4 is 0 Å². The van der Waals surface area contributed by atoms with E-state index in [2.05, 4.69) is 17.9 Å². The van der Waals surface area contributed by atoms with Gasteiger partial charge in [0.25, 0.3) is 0 Å². The lowest BCUT2D eigenvalue weighted by molar-refractivity contribution is 0.165. The smallest absolute Gasteiger partial charge is 0.0951 e. The molecule has 0 aliphatic heterocycles. The highest BCUT2D eigenvalue weighted by Gasteiger charge is 2.22. The van der Waals surface area contributed by atoms with E-state index >= 15 is 0 Å². The Hall–Kier alpha value is -0.550. The number of hydrogen-bond donors (Lipinski definition) is 0. The van der Waals surface area contributed by atoms with Gasteiger partial charge in [-0.05, 0) is 26.3 Å². The predicted octanol–water partition coefficient (Wildman–Crippen LogP) is 2.94. The van der Waals surface area contributed by atoms with Crippen molar-refractivity contribution < 1.29 is 0 Å². The van der Waals surface area contributed by atoms with Crippen LogP contribution >= 0.6 is 0 Å². The maximum Gasteiger partial charge on any atom is 0.0951 e. The molecule has 0 heterocycles. The summed E-state index contributed by atoms with van der Waals surface area (Å²) in [5, 5.41) is 8.95. The van der Waals surface area contributed by atoms with E-state index in [1.807, 2.05) is 6.92 Å². The Morgan fingerprint density at radius 1 is 1.29 bits per heavy atom. The Morgan fingerprint density at radius 2 is 1.86 bits per heavy atom. The zero-order chi connectivity index (χ0) is 10.4. The van der Waals surface area contributed by atoms with Gasteiger partial charge in [-0.1, -0.05) is 32.6 Å². The molecule has 1 rings (SSSR count). The predicted molar refractivity (Wildman–Crippen MR) is 58.9 cm³/mol. The molecule has 1 aliphatic rings. The molecular weight excluding hydrogens is 172 g/mol. The van der Waals surface area contributed by atoms with Gasteiger partial charge in [0.15, 0.2) is 0 Å². The molecule has 0 aromatic rings. The van der Waals surface area contributed by atoms with Crippen molar-refractivity contribution in [3.8, 4) is 6.07 Å². The van der Waals surface area contributed by atoms with Gasteiger partial charge in [0.1, 0.15) is 0 Å². The second-order valence-corrected chi connectivity index (χ2v) is 4.28. The fourth-order valence-electron chi connectivity index (χ4n) is 2.51. The number of rotatable bonds is 3. The van der Waals surface area contributed by atoms with Gasteiger partial charge in [0.2, 0.25) is 0 Å². The molecule has 2 nitrogen and oxygen atoms in total. The molecule has 1 aliphatic carbocycles. The summed E-state index contributed by atoms with van der Waals surface area (Å²) in [6.07, 6.45) is 8.04. The van der Waals surface area contributed by atoms with E-state index in [9.17, 15) is 0 Å². The molecule has 0 aromatic carbocycles. The summed E-state index contributed by atoms with van der Waals surface area (Å²) in [6, 6.07) is 3.11. The molecule has 1 saturated carbocycles. The molecule has 0 aromatic heterocycles. The normalized spacial score (nSPS) is 21.6. The van der Waals surface area contributed by atoms with Crippen molar-refractivity contribution in [1.29, 1.82) is 5.26 Å². The molecule has 0 radical (unpaired) electrons. The summed E-state index contributed by atoms with van der Waals surface area (Å²) in [5.41, 5.74) is 0. The van der Waals surface area contributed by atoms with Crippen molar-refractivity contribution in [3.63, 3.8) is 0 Å². The molecule has 1 fully saturated rings. The molecule has 2 heteroatoms. The Labute approximate surface area is 87.9 Å². The third-order valence-corrected chi connectivity index (χ3v) is 3.34. The summed E-state index contributed by atoms with van der Waals surface area (Å²) in [4.78, 5) is 2.37. The van der Waals surface area contributed by atoms with Crippen LogP contribution in [-0.2, 0) is 0 Å². The molecule has 0 saturated heterocycles. The maximum atomic E-state index is 8.95. The molecule has 0 spiro atoms. The lowest BCUT2D eigenvalue weighted by Gasteiger charge is -2.31. The Balaban J connectivity index is 2.53. The first-order chi connectivity index (χ1) is 6.79. The van der Waals surface area contributed by atoms with Gasteiger partial charge in [-0.3, -0.25) is 4.90 Å². The van der Waals surface area contributed by atoms with Crippen molar-refractivity contribution in [1.82, 2.24) is 4.90 Å². The second-order valence-electron chi connectivity index (χ2n) is 4.28. The topological polar surface area (TPSA) is 27.0 Å². The van der Waals surface area contributed by atoms with Gasteiger partial charge in [-0.25, -0.2) is 0 Å². The van der Waals surface area contributed by atoms with Gasteiger partial charge in [-0.2, -0.15) is 5.26 Å². The zero-order valence-corrected chi connectivity index (χ0v) is 9.50. The van der Waals surface area contributed by atoms with Gasteiger partial charge in [0, 0.05) is 6.04 Å². The van der Waals surface area contributed by atoms with Crippen LogP contribution in [0.4, 0.5) is 0 Å². The number of hydrogen-bond acceptors (Lipinski definition) is 2. The molecule has 1 unspecified atom stereocenters. The molecule has 0 N–H and O–H groups in total. The van der Waals surface area contributed by atoms with Crippen LogP contribution < -0.4 is 0 Å². The first kappa shape index (κ1) is 11.5. The van der Waals surface area contributed by atoms with Crippen LogP contribution in [0.25, 0.3) is 0 Å². The van der Waals surface area contributed by atoms with E-state index in [1.54, 1.807) is 0 Å². The minimum absolute atomic E-state index is 0.0862. The van der Waals surface area contributed by atoms with Gasteiger partial charge < -0.3 is 0 Å². The summed E-state index contributed by atoms with van der Waals surface area (Å²) in [6.45, 7) is 5.20. The van der Waals surface area contributed by atoms with Gasteiger partial charge in [0.05, 0.1) is 12.1 Å². The fourth-order valence-corrected chi connectivity index (χ4v) is 2.51. The van der Waals surface area contributed by atoms with E-state index in [1.165, 1.54) is 38.5 Å². The SMILES string of the molecule is CCN(C(C)C#N)C1CCCCCC1. The molecule has 1 atom stereocenters. The average Bonchev–Trinajstić information content (AvgIpc) is 2.47. The van der Waals surface area contributed by atoms with Gasteiger partial charge in [-0.15, -0.1) is 0 Å². The van der Waals surface area contributed by atoms with E-state index in [4.69, 9.17) is 5.26 Å². The van der Waals surface area contributed by atoms with E-state index in [0.717, 1.165) is 6.54 Å². The molecule has 0 amide bonds. The highest BCUT2D eigenvalue weighted by atomic mass is 15.2. The average molecular weight is 194 g/mol. The molecular formula is C12H22N2. The third-order valence-electron chi connectivity index (χ3n) is 3.34. The lowest BCUT2D eigenvalue weighted by Crippen LogP contribution is -2.40. The standard InChI is InChI=1S/C12H22N2/c1-3-14(11(2)10-13)12-8-6-4-5-7-9-12/h11-12H,3-9H2,1-2H3. The van der Waals surface area contributed by atoms with E-state index in [-0.39, 0.29) is 6.04 Å². The number of nitrogens with zero attached hydrogens (tertiary/aromatic N) is 2. The molecule has 14 heavy (non-hydrogen) atoms. The monoisotopic (exact) mass is 194 g/mol. The Morgan fingerprint density at radius 3 is 2.29 bits per heavy atom. The zero-order valence-electron chi connectivity index (χ0n) is 9.50. The Kier molecular flexibility index (Phi) is 4.97. The van der Waals surface area contributed by atoms with E-state index < -0.39 is 0 Å². The molecule has 0 bridgehead atoms. The lowest BCUT2D eigenvalue weighted by atomic mass is 10.1. The van der Waals surface area contributed by atoms with Crippen LogP contribution in [0.1, 0.15) is 52.4 Å². The van der Waals surface area contributed by atoms with Crippen LogP contribution in [0.5, 0.6) is 0 Å². The summed E-state index contributed by atoms with van der Waals surface area (Å²) >= 11 is 0. The quantitative estimate of drug-likeness (QED) is 0.646. The second kappa shape index (κ2) is 6.03. The summed E-state index contributed by atoms with van der Waals surface area (Å²) in [5.74, 6) is 0. The summed E-state index contributed by atoms with van der Waals surface area (Å²) in [7, 11) is 0.